The summed E-state index contributed by atoms with van der Waals surface area (Å²) in [5.41, 5.74) is 0.588. The Morgan fingerprint density at radius 3 is 2.66 bits per heavy atom. The maximum Gasteiger partial charge on any atom is 0.247 e. The van der Waals surface area contributed by atoms with E-state index in [1.165, 1.54) is 11.2 Å². The zero-order chi connectivity index (χ0) is 24.6. The van der Waals surface area contributed by atoms with Crippen LogP contribution in [-0.4, -0.2) is 38.8 Å². The van der Waals surface area contributed by atoms with E-state index in [4.69, 9.17) is 8.94 Å². The molecule has 184 valence electrons. The number of nitrogens with one attached hydrogen (secondary N) is 2. The third-order valence-corrected chi connectivity index (χ3v) is 5.95. The van der Waals surface area contributed by atoms with E-state index in [1.807, 2.05) is 0 Å². The van der Waals surface area contributed by atoms with E-state index < -0.39 is 6.04 Å². The number of hydrogen-bond donors (Lipinski definition) is 2. The van der Waals surface area contributed by atoms with E-state index >= 15 is 0 Å². The molecule has 1 unspecified atom stereocenters. The summed E-state index contributed by atoms with van der Waals surface area (Å²) in [6.45, 7) is 1.79. The van der Waals surface area contributed by atoms with Gasteiger partial charge in [0.25, 0.3) is 0 Å². The van der Waals surface area contributed by atoms with Crippen molar-refractivity contribution in [3.8, 4) is 0 Å². The molecule has 1 aliphatic carbocycles. The number of anilines is 1. The lowest BCUT2D eigenvalue weighted by molar-refractivity contribution is -0.142. The Bertz CT molecular complexity index is 1120. The highest BCUT2D eigenvalue weighted by molar-refractivity contribution is 5.94. The summed E-state index contributed by atoms with van der Waals surface area (Å²) >= 11 is 0. The summed E-state index contributed by atoms with van der Waals surface area (Å²) in [5, 5.41) is 9.45. The first-order chi connectivity index (χ1) is 17.0. The highest BCUT2D eigenvalue weighted by Gasteiger charge is 2.34. The number of carbonyl (C=O) groups excluding carboxylic acids is 3. The van der Waals surface area contributed by atoms with Gasteiger partial charge in [0.05, 0.1) is 12.8 Å². The number of carbonyl (C=O) groups is 3. The number of hydrogen-bond acceptors (Lipinski definition) is 7. The summed E-state index contributed by atoms with van der Waals surface area (Å²) in [7, 11) is 0. The van der Waals surface area contributed by atoms with Crippen molar-refractivity contribution in [3.63, 3.8) is 0 Å². The molecule has 0 radical (unpaired) electrons. The van der Waals surface area contributed by atoms with Gasteiger partial charge in [0.2, 0.25) is 17.7 Å². The second-order valence-corrected chi connectivity index (χ2v) is 8.65. The number of rotatable bonds is 10. The third-order valence-electron chi connectivity index (χ3n) is 5.95. The lowest BCUT2D eigenvalue weighted by atomic mass is 10.0. The molecular formula is C25H29N5O5. The Morgan fingerprint density at radius 1 is 1.17 bits per heavy atom. The molecule has 3 aromatic rings. The van der Waals surface area contributed by atoms with Crippen LogP contribution >= 0.6 is 0 Å². The minimum Gasteiger partial charge on any atom is -0.467 e. The Morgan fingerprint density at radius 2 is 2.00 bits per heavy atom. The van der Waals surface area contributed by atoms with Gasteiger partial charge in [-0.2, -0.15) is 0 Å². The van der Waals surface area contributed by atoms with Gasteiger partial charge in [0, 0.05) is 42.9 Å². The Balaban J connectivity index is 1.53. The van der Waals surface area contributed by atoms with Crippen molar-refractivity contribution >= 4 is 23.5 Å². The van der Waals surface area contributed by atoms with E-state index in [1.54, 1.807) is 49.6 Å². The van der Waals surface area contributed by atoms with Crippen molar-refractivity contribution in [1.82, 2.24) is 20.4 Å². The van der Waals surface area contributed by atoms with Gasteiger partial charge < -0.3 is 24.5 Å². The zero-order valence-corrected chi connectivity index (χ0v) is 19.6. The fraction of sp³-hybridized carbons (Fsp3) is 0.400. The Hall–Kier alpha value is -3.95. The second kappa shape index (κ2) is 11.5. The quantitative estimate of drug-likeness (QED) is 0.455. The van der Waals surface area contributed by atoms with Crippen LogP contribution in [0.3, 0.4) is 0 Å². The molecule has 3 amide bonds. The van der Waals surface area contributed by atoms with Gasteiger partial charge >= 0.3 is 0 Å². The molecule has 3 aromatic heterocycles. The highest BCUT2D eigenvalue weighted by atomic mass is 16.5. The van der Waals surface area contributed by atoms with E-state index in [0.29, 0.717) is 17.1 Å². The van der Waals surface area contributed by atoms with Crippen molar-refractivity contribution in [1.29, 1.82) is 0 Å². The fourth-order valence-corrected chi connectivity index (χ4v) is 4.25. The van der Waals surface area contributed by atoms with Crippen molar-refractivity contribution in [2.75, 3.05) is 5.32 Å². The number of nitrogens with zero attached hydrogens (tertiary/aromatic N) is 3. The van der Waals surface area contributed by atoms with Crippen molar-refractivity contribution in [3.05, 3.63) is 66.1 Å². The maximum atomic E-state index is 13.5. The standard InChI is InChI=1S/C25H29N5O5/c1-17-14-21(29-35-17)28-22(31)10-11-23(32)30(16-20-9-5-13-34-20)24(18-6-4-12-26-15-18)25(33)27-19-7-2-3-8-19/h4-6,9,12-15,19,24H,2-3,7-8,10-11,16H2,1H3,(H,27,33)(H,28,29,31). The van der Waals surface area contributed by atoms with Crippen LogP contribution in [0.1, 0.15) is 61.7 Å². The number of aryl methyl sites for hydroxylation is 1. The van der Waals surface area contributed by atoms with Gasteiger partial charge in [-0.15, -0.1) is 0 Å². The van der Waals surface area contributed by atoms with Crippen LogP contribution < -0.4 is 10.6 Å². The minimum absolute atomic E-state index is 0.0770. The number of aromatic nitrogens is 2. The molecule has 35 heavy (non-hydrogen) atoms. The van der Waals surface area contributed by atoms with Gasteiger partial charge in [-0.3, -0.25) is 19.4 Å². The molecule has 3 heterocycles. The van der Waals surface area contributed by atoms with Gasteiger partial charge in [-0.25, -0.2) is 0 Å². The molecule has 10 nitrogen and oxygen atoms in total. The van der Waals surface area contributed by atoms with Crippen molar-refractivity contribution < 1.29 is 23.3 Å². The molecule has 0 saturated heterocycles. The lowest BCUT2D eigenvalue weighted by Gasteiger charge is -2.31. The summed E-state index contributed by atoms with van der Waals surface area (Å²) in [4.78, 5) is 45.0. The average Bonchev–Trinajstić information content (AvgIpc) is 3.62. The van der Waals surface area contributed by atoms with Gasteiger partial charge in [-0.1, -0.05) is 24.1 Å². The molecule has 1 aliphatic rings. The Kier molecular flexibility index (Phi) is 7.92. The zero-order valence-electron chi connectivity index (χ0n) is 19.6. The van der Waals surface area contributed by atoms with E-state index in [2.05, 4.69) is 20.8 Å². The summed E-state index contributed by atoms with van der Waals surface area (Å²) in [6.07, 6.45) is 8.50. The average molecular weight is 480 g/mol. The van der Waals surface area contributed by atoms with Crippen LogP contribution in [0, 0.1) is 6.92 Å². The molecule has 2 N–H and O–H groups in total. The van der Waals surface area contributed by atoms with Crippen LogP contribution in [-0.2, 0) is 20.9 Å². The lowest BCUT2D eigenvalue weighted by Crippen LogP contribution is -2.46. The van der Waals surface area contributed by atoms with Gasteiger partial charge in [0.15, 0.2) is 5.82 Å². The summed E-state index contributed by atoms with van der Waals surface area (Å²) in [5.74, 6) is 0.377. The summed E-state index contributed by atoms with van der Waals surface area (Å²) in [6, 6.07) is 7.73. The van der Waals surface area contributed by atoms with E-state index in [-0.39, 0.29) is 49.0 Å². The number of pyridine rings is 1. The van der Waals surface area contributed by atoms with Crippen LogP contribution in [0.25, 0.3) is 0 Å². The second-order valence-electron chi connectivity index (χ2n) is 8.65. The smallest absolute Gasteiger partial charge is 0.247 e. The predicted octanol–water partition coefficient (Wildman–Crippen LogP) is 3.52. The SMILES string of the molecule is Cc1cc(NC(=O)CCC(=O)N(Cc2ccco2)C(C(=O)NC2CCCC2)c2cccnc2)no1. The number of furan rings is 1. The Labute approximate surface area is 203 Å². The molecule has 0 bridgehead atoms. The van der Waals surface area contributed by atoms with Crippen LogP contribution in [0.5, 0.6) is 0 Å². The van der Waals surface area contributed by atoms with E-state index in [9.17, 15) is 14.4 Å². The van der Waals surface area contributed by atoms with E-state index in [0.717, 1.165) is 25.7 Å². The van der Waals surface area contributed by atoms with Crippen molar-refractivity contribution in [2.24, 2.45) is 0 Å². The summed E-state index contributed by atoms with van der Waals surface area (Å²) < 4.78 is 10.4. The van der Waals surface area contributed by atoms with Gasteiger partial charge in [-0.05, 0) is 38.0 Å². The first kappa shape index (κ1) is 24.2. The molecule has 0 aliphatic heterocycles. The van der Waals surface area contributed by atoms with Gasteiger partial charge in [0.1, 0.15) is 17.6 Å². The molecule has 4 rings (SSSR count). The molecule has 10 heteroatoms. The first-order valence-electron chi connectivity index (χ1n) is 11.7. The highest BCUT2D eigenvalue weighted by Crippen LogP contribution is 2.26. The van der Waals surface area contributed by atoms with Crippen LogP contribution in [0.4, 0.5) is 5.82 Å². The normalized spacial score (nSPS) is 14.4. The van der Waals surface area contributed by atoms with Crippen LogP contribution in [0.2, 0.25) is 0 Å². The molecule has 1 atom stereocenters. The topological polar surface area (TPSA) is 131 Å². The molecule has 0 spiro atoms. The third kappa shape index (κ3) is 6.56. The van der Waals surface area contributed by atoms with Crippen LogP contribution in [0.15, 0.2) is 57.9 Å². The number of amides is 3. The molecule has 1 fully saturated rings. The molecule has 0 aromatic carbocycles. The molecule has 1 saturated carbocycles. The molecular weight excluding hydrogens is 450 g/mol. The predicted molar refractivity (Wildman–Crippen MR) is 126 cm³/mol. The van der Waals surface area contributed by atoms with Crippen molar-refractivity contribution in [2.45, 2.75) is 64.1 Å². The fourth-order valence-electron chi connectivity index (χ4n) is 4.25. The largest absolute Gasteiger partial charge is 0.467 e. The first-order valence-corrected chi connectivity index (χ1v) is 11.7. The maximum absolute atomic E-state index is 13.5. The monoisotopic (exact) mass is 479 g/mol. The minimum atomic E-state index is -0.914.